The molecule has 0 bridgehead atoms. The summed E-state index contributed by atoms with van der Waals surface area (Å²) in [7, 11) is 1.99. The maximum atomic E-state index is 6.11. The minimum atomic E-state index is 0.152. The normalized spacial score (nSPS) is 15.4. The second-order valence-corrected chi connectivity index (χ2v) is 5.38. The Kier molecular flexibility index (Phi) is 6.79. The smallest absolute Gasteiger partial charge is 0.119 e. The Labute approximate surface area is 128 Å². The monoisotopic (exact) mass is 289 g/mol. The number of rotatable bonds is 8. The second-order valence-electron chi connectivity index (χ2n) is 5.38. The van der Waals surface area contributed by atoms with Crippen molar-refractivity contribution in [2.24, 2.45) is 16.6 Å². The molecular formula is C17H27N3O. The summed E-state index contributed by atoms with van der Waals surface area (Å²) in [6, 6.07) is 10.2. The van der Waals surface area contributed by atoms with E-state index in [-0.39, 0.29) is 12.1 Å². The molecule has 0 aliphatic rings. The van der Waals surface area contributed by atoms with E-state index in [1.165, 1.54) is 0 Å². The number of hydrogen-bond acceptors (Lipinski definition) is 3. The van der Waals surface area contributed by atoms with E-state index in [1.807, 2.05) is 42.3 Å². The molecule has 0 aliphatic carbocycles. The van der Waals surface area contributed by atoms with Crippen LogP contribution in [0.25, 0.3) is 0 Å². The van der Waals surface area contributed by atoms with E-state index >= 15 is 0 Å². The van der Waals surface area contributed by atoms with Gasteiger partial charge in [-0.15, -0.1) is 0 Å². The van der Waals surface area contributed by atoms with Gasteiger partial charge in [-0.05, 0) is 25.5 Å². The lowest BCUT2D eigenvalue weighted by molar-refractivity contribution is 0.0996. The summed E-state index contributed by atoms with van der Waals surface area (Å²) in [5.41, 5.74) is 5.46. The predicted octanol–water partition coefficient (Wildman–Crippen LogP) is 3.26. The molecule has 0 spiro atoms. The van der Waals surface area contributed by atoms with Crippen LogP contribution in [-0.2, 0) is 0 Å². The van der Waals surface area contributed by atoms with Crippen molar-refractivity contribution >= 4 is 6.34 Å². The summed E-state index contributed by atoms with van der Waals surface area (Å²) in [6.07, 6.45) is 2.83. The van der Waals surface area contributed by atoms with Crippen LogP contribution in [0.1, 0.15) is 27.2 Å². The third-order valence-electron chi connectivity index (χ3n) is 3.83. The van der Waals surface area contributed by atoms with Gasteiger partial charge < -0.3 is 15.4 Å². The number of nitrogens with zero attached hydrogens (tertiary/aromatic N) is 2. The molecule has 0 amide bonds. The van der Waals surface area contributed by atoms with Crippen molar-refractivity contribution in [1.29, 1.82) is 0 Å². The molecule has 0 fully saturated rings. The van der Waals surface area contributed by atoms with Gasteiger partial charge in [0.25, 0.3) is 0 Å². The van der Waals surface area contributed by atoms with E-state index in [4.69, 9.17) is 10.5 Å². The van der Waals surface area contributed by atoms with Gasteiger partial charge in [0, 0.05) is 19.0 Å². The Balaban J connectivity index is 2.69. The fourth-order valence-corrected chi connectivity index (χ4v) is 2.19. The lowest BCUT2D eigenvalue weighted by Crippen LogP contribution is -2.41. The molecule has 0 aliphatic heterocycles. The number of hydrogen-bond donors (Lipinski definition) is 1. The third kappa shape index (κ3) is 5.50. The predicted molar refractivity (Wildman–Crippen MR) is 89.4 cm³/mol. The molecule has 0 heterocycles. The SMILES string of the molecule is C=C(N)/N=C\N(C)C(C)[C@H](C)[C@@H](CC)Oc1ccccc1. The molecular weight excluding hydrogens is 262 g/mol. The third-order valence-corrected chi connectivity index (χ3v) is 3.83. The first-order valence-electron chi connectivity index (χ1n) is 7.37. The molecule has 1 rings (SSSR count). The van der Waals surface area contributed by atoms with Gasteiger partial charge in [0.05, 0.1) is 6.34 Å². The van der Waals surface area contributed by atoms with Crippen molar-refractivity contribution in [2.75, 3.05) is 7.05 Å². The van der Waals surface area contributed by atoms with Gasteiger partial charge in [0.1, 0.15) is 17.7 Å². The largest absolute Gasteiger partial charge is 0.490 e. The van der Waals surface area contributed by atoms with Gasteiger partial charge in [-0.2, -0.15) is 0 Å². The van der Waals surface area contributed by atoms with Gasteiger partial charge in [-0.3, -0.25) is 0 Å². The Morgan fingerprint density at radius 2 is 2.00 bits per heavy atom. The molecule has 21 heavy (non-hydrogen) atoms. The lowest BCUT2D eigenvalue weighted by atomic mass is 9.94. The number of nitrogens with two attached hydrogens (primary N) is 1. The zero-order valence-electron chi connectivity index (χ0n) is 13.5. The van der Waals surface area contributed by atoms with E-state index in [1.54, 1.807) is 6.34 Å². The molecule has 0 saturated carbocycles. The highest BCUT2D eigenvalue weighted by Crippen LogP contribution is 2.21. The van der Waals surface area contributed by atoms with E-state index in [0.717, 1.165) is 12.2 Å². The van der Waals surface area contributed by atoms with Crippen molar-refractivity contribution in [3.05, 3.63) is 42.7 Å². The molecule has 116 valence electrons. The Bertz CT molecular complexity index is 458. The molecule has 4 heteroatoms. The van der Waals surface area contributed by atoms with Crippen LogP contribution in [0, 0.1) is 5.92 Å². The van der Waals surface area contributed by atoms with Crippen LogP contribution in [-0.4, -0.2) is 30.4 Å². The standard InChI is InChI=1S/C17H27N3O/c1-6-17(21-16-10-8-7-9-11-16)13(2)14(3)20(5)12-19-15(4)18/h7-14,17H,4,6,18H2,1-3,5H3/b19-12-/t13-,14?,17+/m0/s1. The molecule has 0 radical (unpaired) electrons. The van der Waals surface area contributed by atoms with Gasteiger partial charge in [0.2, 0.25) is 0 Å². The summed E-state index contributed by atoms with van der Waals surface area (Å²) < 4.78 is 6.11. The van der Waals surface area contributed by atoms with Crippen LogP contribution in [0.15, 0.2) is 47.7 Å². The van der Waals surface area contributed by atoms with Crippen molar-refractivity contribution in [3.8, 4) is 5.75 Å². The summed E-state index contributed by atoms with van der Waals surface area (Å²) in [4.78, 5) is 6.08. The van der Waals surface area contributed by atoms with Crippen LogP contribution in [0.5, 0.6) is 5.75 Å². The molecule has 1 aromatic rings. The quantitative estimate of drug-likeness (QED) is 0.590. The first kappa shape index (κ1) is 17.1. The first-order valence-corrected chi connectivity index (χ1v) is 7.37. The Hall–Kier alpha value is -1.97. The van der Waals surface area contributed by atoms with E-state index in [9.17, 15) is 0 Å². The topological polar surface area (TPSA) is 50.8 Å². The maximum absolute atomic E-state index is 6.11. The highest BCUT2D eigenvalue weighted by Gasteiger charge is 2.25. The van der Waals surface area contributed by atoms with Crippen LogP contribution in [0.2, 0.25) is 0 Å². The minimum Gasteiger partial charge on any atom is -0.490 e. The highest BCUT2D eigenvalue weighted by molar-refractivity contribution is 5.56. The van der Waals surface area contributed by atoms with Crippen LogP contribution < -0.4 is 10.5 Å². The molecule has 0 saturated heterocycles. The fourth-order valence-electron chi connectivity index (χ4n) is 2.19. The van der Waals surface area contributed by atoms with Gasteiger partial charge in [-0.1, -0.05) is 38.6 Å². The van der Waals surface area contributed by atoms with Crippen molar-refractivity contribution in [3.63, 3.8) is 0 Å². The van der Waals surface area contributed by atoms with Gasteiger partial charge >= 0.3 is 0 Å². The van der Waals surface area contributed by atoms with Gasteiger partial charge in [0.15, 0.2) is 0 Å². The minimum absolute atomic E-state index is 0.152. The zero-order chi connectivity index (χ0) is 15.8. The van der Waals surface area contributed by atoms with E-state index in [2.05, 4.69) is 32.3 Å². The number of aliphatic imine (C=N–C) groups is 1. The summed E-state index contributed by atoms with van der Waals surface area (Å²) in [6.45, 7) is 10.1. The molecule has 2 N–H and O–H groups in total. The van der Waals surface area contributed by atoms with Crippen molar-refractivity contribution in [1.82, 2.24) is 4.90 Å². The molecule has 1 aromatic carbocycles. The number of para-hydroxylation sites is 1. The zero-order valence-corrected chi connectivity index (χ0v) is 13.5. The fraction of sp³-hybridized carbons (Fsp3) is 0.471. The Morgan fingerprint density at radius 3 is 2.52 bits per heavy atom. The Morgan fingerprint density at radius 1 is 1.38 bits per heavy atom. The highest BCUT2D eigenvalue weighted by atomic mass is 16.5. The first-order chi connectivity index (χ1) is 9.95. The summed E-state index contributed by atoms with van der Waals surface area (Å²) in [5, 5.41) is 0. The van der Waals surface area contributed by atoms with Crippen molar-refractivity contribution < 1.29 is 4.74 Å². The molecule has 0 aromatic heterocycles. The van der Waals surface area contributed by atoms with Gasteiger partial charge in [-0.25, -0.2) is 4.99 Å². The lowest BCUT2D eigenvalue weighted by Gasteiger charge is -2.33. The summed E-state index contributed by atoms with van der Waals surface area (Å²) in [5.74, 6) is 1.57. The van der Waals surface area contributed by atoms with Crippen LogP contribution >= 0.6 is 0 Å². The molecule has 1 unspecified atom stereocenters. The summed E-state index contributed by atoms with van der Waals surface area (Å²) >= 11 is 0. The van der Waals surface area contributed by atoms with E-state index < -0.39 is 0 Å². The second kappa shape index (κ2) is 8.35. The molecule has 4 nitrogen and oxygen atoms in total. The number of ether oxygens (including phenoxy) is 1. The van der Waals surface area contributed by atoms with Crippen LogP contribution in [0.3, 0.4) is 0 Å². The average molecular weight is 289 g/mol. The van der Waals surface area contributed by atoms with Crippen LogP contribution in [0.4, 0.5) is 0 Å². The van der Waals surface area contributed by atoms with Crippen molar-refractivity contribution in [2.45, 2.75) is 39.3 Å². The number of benzene rings is 1. The maximum Gasteiger partial charge on any atom is 0.119 e. The molecule has 3 atom stereocenters. The average Bonchev–Trinajstić information content (AvgIpc) is 2.49. The van der Waals surface area contributed by atoms with E-state index in [0.29, 0.717) is 11.7 Å².